The van der Waals surface area contributed by atoms with Crippen LogP contribution in [0, 0.1) is 5.82 Å². The Bertz CT molecular complexity index is 601. The third-order valence-corrected chi connectivity index (χ3v) is 3.42. The fourth-order valence-electron chi connectivity index (χ4n) is 2.24. The molecule has 0 heterocycles. The molecule has 0 aliphatic heterocycles. The molecule has 0 fully saturated rings. The van der Waals surface area contributed by atoms with Gasteiger partial charge in [-0.05, 0) is 36.1 Å². The van der Waals surface area contributed by atoms with Crippen molar-refractivity contribution >= 4 is 6.03 Å². The van der Waals surface area contributed by atoms with Gasteiger partial charge < -0.3 is 10.2 Å². The highest BCUT2D eigenvalue weighted by molar-refractivity contribution is 5.73. The highest BCUT2D eigenvalue weighted by Crippen LogP contribution is 2.06. The van der Waals surface area contributed by atoms with Crippen LogP contribution in [0.1, 0.15) is 17.5 Å². The average Bonchev–Trinajstić information content (AvgIpc) is 2.52. The highest BCUT2D eigenvalue weighted by atomic mass is 19.1. The first kappa shape index (κ1) is 16.0. The molecule has 1 N–H and O–H groups in total. The van der Waals surface area contributed by atoms with Gasteiger partial charge in [0.15, 0.2) is 0 Å². The van der Waals surface area contributed by atoms with Gasteiger partial charge in [-0.3, -0.25) is 0 Å². The topological polar surface area (TPSA) is 32.3 Å². The number of amides is 2. The van der Waals surface area contributed by atoms with E-state index in [4.69, 9.17) is 0 Å². The maximum atomic E-state index is 13.0. The van der Waals surface area contributed by atoms with Crippen LogP contribution in [-0.2, 0) is 13.0 Å². The van der Waals surface area contributed by atoms with Gasteiger partial charge in [-0.2, -0.15) is 0 Å². The second-order valence-corrected chi connectivity index (χ2v) is 5.31. The van der Waals surface area contributed by atoms with Crippen LogP contribution >= 0.6 is 0 Å². The van der Waals surface area contributed by atoms with Crippen LogP contribution < -0.4 is 5.32 Å². The zero-order valence-electron chi connectivity index (χ0n) is 12.8. The fourth-order valence-corrected chi connectivity index (χ4v) is 2.24. The van der Waals surface area contributed by atoms with Gasteiger partial charge in [0.2, 0.25) is 0 Å². The Balaban J connectivity index is 1.69. The second kappa shape index (κ2) is 8.17. The fraction of sp³-hybridized carbons (Fsp3) is 0.278. The predicted molar refractivity (Wildman–Crippen MR) is 86.0 cm³/mol. The van der Waals surface area contributed by atoms with E-state index in [1.165, 1.54) is 12.1 Å². The lowest BCUT2D eigenvalue weighted by molar-refractivity contribution is 0.207. The minimum atomic E-state index is -0.218. The molecule has 22 heavy (non-hydrogen) atoms. The molecule has 0 radical (unpaired) electrons. The molecule has 0 bridgehead atoms. The monoisotopic (exact) mass is 300 g/mol. The number of aryl methyl sites for hydroxylation is 1. The van der Waals surface area contributed by atoms with Gasteiger partial charge in [0.25, 0.3) is 0 Å². The van der Waals surface area contributed by atoms with Gasteiger partial charge in [-0.15, -0.1) is 0 Å². The van der Waals surface area contributed by atoms with Crippen LogP contribution in [0.25, 0.3) is 0 Å². The summed E-state index contributed by atoms with van der Waals surface area (Å²) in [6, 6.07) is 16.3. The molecule has 0 saturated carbocycles. The van der Waals surface area contributed by atoms with Crippen LogP contribution in [0.3, 0.4) is 0 Å². The van der Waals surface area contributed by atoms with E-state index in [2.05, 4.69) is 5.32 Å². The van der Waals surface area contributed by atoms with E-state index in [9.17, 15) is 9.18 Å². The summed E-state index contributed by atoms with van der Waals surface area (Å²) >= 11 is 0. The second-order valence-electron chi connectivity index (χ2n) is 5.31. The lowest BCUT2D eigenvalue weighted by Gasteiger charge is -2.18. The van der Waals surface area contributed by atoms with Gasteiger partial charge in [0, 0.05) is 20.1 Å². The summed E-state index contributed by atoms with van der Waals surface area (Å²) in [5, 5.41) is 2.88. The summed E-state index contributed by atoms with van der Waals surface area (Å²) in [6.07, 6.45) is 1.54. The minimum absolute atomic E-state index is 0.0944. The Morgan fingerprint density at radius 3 is 2.55 bits per heavy atom. The summed E-state index contributed by atoms with van der Waals surface area (Å²) in [6.45, 7) is 1.16. The lowest BCUT2D eigenvalue weighted by atomic mass is 10.1. The molecule has 0 aromatic heterocycles. The Labute approximate surface area is 130 Å². The molecule has 3 nitrogen and oxygen atoms in total. The maximum Gasteiger partial charge on any atom is 0.317 e. The molecule has 2 aromatic rings. The third kappa shape index (κ3) is 5.20. The SMILES string of the molecule is CN(Cc1ccccc1)C(=O)NCCCc1cccc(F)c1. The number of carbonyl (C=O) groups excluding carboxylic acids is 1. The predicted octanol–water partition coefficient (Wildman–Crippen LogP) is 3.60. The Kier molecular flexibility index (Phi) is 5.95. The molecule has 2 aromatic carbocycles. The largest absolute Gasteiger partial charge is 0.338 e. The minimum Gasteiger partial charge on any atom is -0.338 e. The van der Waals surface area contributed by atoms with Crippen LogP contribution in [0.15, 0.2) is 54.6 Å². The number of carbonyl (C=O) groups is 1. The van der Waals surface area contributed by atoms with Crippen molar-refractivity contribution in [3.8, 4) is 0 Å². The standard InChI is InChI=1S/C18H21FN2O/c1-21(14-16-7-3-2-4-8-16)18(22)20-12-6-10-15-9-5-11-17(19)13-15/h2-5,7-9,11,13H,6,10,12,14H2,1H3,(H,20,22). The van der Waals surface area contributed by atoms with E-state index in [-0.39, 0.29) is 11.8 Å². The number of nitrogens with zero attached hydrogens (tertiary/aromatic N) is 1. The van der Waals surface area contributed by atoms with Crippen molar-refractivity contribution < 1.29 is 9.18 Å². The smallest absolute Gasteiger partial charge is 0.317 e. The molecule has 0 atom stereocenters. The zero-order chi connectivity index (χ0) is 15.8. The van der Waals surface area contributed by atoms with E-state index in [0.717, 1.165) is 24.0 Å². The molecule has 116 valence electrons. The molecule has 0 spiro atoms. The first-order chi connectivity index (χ1) is 10.6. The van der Waals surface area contributed by atoms with Crippen molar-refractivity contribution in [1.29, 1.82) is 0 Å². The van der Waals surface area contributed by atoms with E-state index in [1.807, 2.05) is 36.4 Å². The number of nitrogens with one attached hydrogen (secondary N) is 1. The number of rotatable bonds is 6. The summed E-state index contributed by atoms with van der Waals surface area (Å²) in [5.41, 5.74) is 2.05. The van der Waals surface area contributed by atoms with Gasteiger partial charge in [0.1, 0.15) is 5.82 Å². The number of benzene rings is 2. The molecule has 4 heteroatoms. The van der Waals surface area contributed by atoms with Crippen LogP contribution in [0.2, 0.25) is 0 Å². The Morgan fingerprint density at radius 1 is 1.09 bits per heavy atom. The Morgan fingerprint density at radius 2 is 1.82 bits per heavy atom. The van der Waals surface area contributed by atoms with E-state index >= 15 is 0 Å². The van der Waals surface area contributed by atoms with Crippen LogP contribution in [0.4, 0.5) is 9.18 Å². The summed E-state index contributed by atoms with van der Waals surface area (Å²) in [7, 11) is 1.77. The molecule has 0 unspecified atom stereocenters. The molecular weight excluding hydrogens is 279 g/mol. The van der Waals surface area contributed by atoms with Crippen LogP contribution in [0.5, 0.6) is 0 Å². The summed E-state index contributed by atoms with van der Waals surface area (Å²) in [4.78, 5) is 13.6. The molecular formula is C18H21FN2O. The first-order valence-electron chi connectivity index (χ1n) is 7.42. The molecule has 2 rings (SSSR count). The van der Waals surface area contributed by atoms with Crippen LogP contribution in [-0.4, -0.2) is 24.5 Å². The summed E-state index contributed by atoms with van der Waals surface area (Å²) in [5.74, 6) is -0.218. The first-order valence-corrected chi connectivity index (χ1v) is 7.42. The van der Waals surface area contributed by atoms with Crippen molar-refractivity contribution in [2.45, 2.75) is 19.4 Å². The lowest BCUT2D eigenvalue weighted by Crippen LogP contribution is -2.37. The number of halogens is 1. The number of urea groups is 1. The van der Waals surface area contributed by atoms with Crippen molar-refractivity contribution in [2.75, 3.05) is 13.6 Å². The van der Waals surface area contributed by atoms with Gasteiger partial charge in [-0.25, -0.2) is 9.18 Å². The molecule has 0 saturated heterocycles. The highest BCUT2D eigenvalue weighted by Gasteiger charge is 2.07. The number of hydrogen-bond donors (Lipinski definition) is 1. The van der Waals surface area contributed by atoms with E-state index in [1.54, 1.807) is 18.0 Å². The maximum absolute atomic E-state index is 13.0. The summed E-state index contributed by atoms with van der Waals surface area (Å²) < 4.78 is 13.0. The van der Waals surface area contributed by atoms with Crippen molar-refractivity contribution in [1.82, 2.24) is 10.2 Å². The molecule has 0 aliphatic carbocycles. The van der Waals surface area contributed by atoms with E-state index < -0.39 is 0 Å². The van der Waals surface area contributed by atoms with Crippen molar-refractivity contribution in [3.63, 3.8) is 0 Å². The molecule has 0 aliphatic rings. The average molecular weight is 300 g/mol. The third-order valence-electron chi connectivity index (χ3n) is 3.42. The van der Waals surface area contributed by atoms with Gasteiger partial charge in [0.05, 0.1) is 0 Å². The Hall–Kier alpha value is -2.36. The molecule has 2 amide bonds. The normalized spacial score (nSPS) is 10.3. The van der Waals surface area contributed by atoms with Gasteiger partial charge in [-0.1, -0.05) is 42.5 Å². The van der Waals surface area contributed by atoms with Gasteiger partial charge >= 0.3 is 6.03 Å². The quantitative estimate of drug-likeness (QED) is 0.812. The van der Waals surface area contributed by atoms with E-state index in [0.29, 0.717) is 13.1 Å². The van der Waals surface area contributed by atoms with Crippen molar-refractivity contribution in [3.05, 3.63) is 71.5 Å². The van der Waals surface area contributed by atoms with Crippen molar-refractivity contribution in [2.24, 2.45) is 0 Å². The zero-order valence-corrected chi connectivity index (χ0v) is 12.8. The number of hydrogen-bond acceptors (Lipinski definition) is 1.